The zero-order chi connectivity index (χ0) is 19.3. The largest absolute Gasteiger partial charge is 0.497 e. The van der Waals surface area contributed by atoms with Crippen LogP contribution in [0.15, 0.2) is 48.5 Å². The molecule has 7 heteroatoms. The molecule has 6 nitrogen and oxygen atoms in total. The van der Waals surface area contributed by atoms with Gasteiger partial charge in [0.05, 0.1) is 30.0 Å². The predicted octanol–water partition coefficient (Wildman–Crippen LogP) is 3.90. The molecule has 28 heavy (non-hydrogen) atoms. The molecule has 1 aliphatic heterocycles. The molecular formula is C21H22N2O4S. The summed E-state index contributed by atoms with van der Waals surface area (Å²) in [5.41, 5.74) is 0.892. The van der Waals surface area contributed by atoms with Gasteiger partial charge in [-0.3, -0.25) is 9.69 Å². The number of aromatic nitrogens is 1. The minimum absolute atomic E-state index is 0.0388. The number of carbonyl (C=O) groups excluding carboxylic acids is 1. The van der Waals surface area contributed by atoms with Gasteiger partial charge in [0.25, 0.3) is 5.91 Å². The molecule has 0 saturated carbocycles. The highest BCUT2D eigenvalue weighted by Gasteiger charge is 2.26. The lowest BCUT2D eigenvalue weighted by Crippen LogP contribution is -2.40. The SMILES string of the molecule is COc1ccc(OCC(=O)N(C[C@H]2CCCO2)c2nc3ccccc3s2)cc1. The summed E-state index contributed by atoms with van der Waals surface area (Å²) < 4.78 is 17.6. The third kappa shape index (κ3) is 4.26. The summed E-state index contributed by atoms with van der Waals surface area (Å²) in [5.74, 6) is 1.23. The Labute approximate surface area is 167 Å². The number of carbonyl (C=O) groups is 1. The molecule has 1 amide bonds. The summed E-state index contributed by atoms with van der Waals surface area (Å²) in [4.78, 5) is 19.3. The third-order valence-electron chi connectivity index (χ3n) is 4.65. The fourth-order valence-electron chi connectivity index (χ4n) is 3.15. The van der Waals surface area contributed by atoms with E-state index in [4.69, 9.17) is 14.2 Å². The van der Waals surface area contributed by atoms with E-state index in [0.29, 0.717) is 17.4 Å². The highest BCUT2D eigenvalue weighted by molar-refractivity contribution is 7.22. The van der Waals surface area contributed by atoms with Crippen molar-refractivity contribution < 1.29 is 19.0 Å². The zero-order valence-corrected chi connectivity index (χ0v) is 16.5. The number of ether oxygens (including phenoxy) is 3. The number of para-hydroxylation sites is 1. The Morgan fingerprint density at radius 3 is 2.71 bits per heavy atom. The molecular weight excluding hydrogens is 376 g/mol. The van der Waals surface area contributed by atoms with Crippen LogP contribution >= 0.6 is 11.3 Å². The summed E-state index contributed by atoms with van der Waals surface area (Å²) in [6.07, 6.45) is 2.01. The molecule has 2 aromatic carbocycles. The van der Waals surface area contributed by atoms with Crippen LogP contribution in [-0.2, 0) is 9.53 Å². The number of thiazole rings is 1. The molecule has 1 aromatic heterocycles. The number of fused-ring (bicyclic) bond motifs is 1. The number of nitrogens with zero attached hydrogens (tertiary/aromatic N) is 2. The van der Waals surface area contributed by atoms with Gasteiger partial charge in [0.1, 0.15) is 11.5 Å². The van der Waals surface area contributed by atoms with Gasteiger partial charge in [0.15, 0.2) is 11.7 Å². The van der Waals surface area contributed by atoms with Crippen molar-refractivity contribution in [2.24, 2.45) is 0 Å². The van der Waals surface area contributed by atoms with Gasteiger partial charge >= 0.3 is 0 Å². The number of benzene rings is 2. The first kappa shape index (κ1) is 18.7. The quantitative estimate of drug-likeness (QED) is 0.604. The molecule has 1 aliphatic rings. The van der Waals surface area contributed by atoms with Gasteiger partial charge in [0.2, 0.25) is 0 Å². The Balaban J connectivity index is 1.50. The molecule has 0 bridgehead atoms. The minimum atomic E-state index is -0.134. The van der Waals surface area contributed by atoms with Gasteiger partial charge < -0.3 is 14.2 Å². The van der Waals surface area contributed by atoms with Gasteiger partial charge in [-0.25, -0.2) is 4.98 Å². The topological polar surface area (TPSA) is 60.9 Å². The summed E-state index contributed by atoms with van der Waals surface area (Å²) >= 11 is 1.51. The molecule has 0 N–H and O–H groups in total. The van der Waals surface area contributed by atoms with Gasteiger partial charge in [-0.15, -0.1) is 0 Å². The molecule has 1 atom stereocenters. The van der Waals surface area contributed by atoms with Crippen molar-refractivity contribution in [3.05, 3.63) is 48.5 Å². The second kappa shape index (κ2) is 8.58. The maximum Gasteiger partial charge on any atom is 0.266 e. The first-order chi connectivity index (χ1) is 13.7. The van der Waals surface area contributed by atoms with E-state index in [-0.39, 0.29) is 18.6 Å². The lowest BCUT2D eigenvalue weighted by atomic mass is 10.2. The predicted molar refractivity (Wildman–Crippen MR) is 109 cm³/mol. The number of hydrogen-bond donors (Lipinski definition) is 0. The van der Waals surface area contributed by atoms with Gasteiger partial charge in [-0.1, -0.05) is 23.5 Å². The highest BCUT2D eigenvalue weighted by Crippen LogP contribution is 2.30. The summed E-state index contributed by atoms with van der Waals surface area (Å²) in [5, 5.41) is 0.681. The van der Waals surface area contributed by atoms with Crippen molar-refractivity contribution in [2.75, 3.05) is 31.8 Å². The number of methoxy groups -OCH3 is 1. The highest BCUT2D eigenvalue weighted by atomic mass is 32.1. The van der Waals surface area contributed by atoms with Crippen molar-refractivity contribution in [1.82, 2.24) is 4.98 Å². The Kier molecular flexibility index (Phi) is 5.73. The Morgan fingerprint density at radius 1 is 1.21 bits per heavy atom. The van der Waals surface area contributed by atoms with E-state index >= 15 is 0 Å². The molecule has 2 heterocycles. The number of anilines is 1. The molecule has 1 fully saturated rings. The second-order valence-electron chi connectivity index (χ2n) is 6.57. The van der Waals surface area contributed by atoms with E-state index in [0.717, 1.165) is 35.4 Å². The lowest BCUT2D eigenvalue weighted by Gasteiger charge is -2.23. The third-order valence-corrected chi connectivity index (χ3v) is 5.71. The number of rotatable bonds is 7. The van der Waals surface area contributed by atoms with E-state index in [2.05, 4.69) is 4.98 Å². The number of hydrogen-bond acceptors (Lipinski definition) is 6. The monoisotopic (exact) mass is 398 g/mol. The number of amides is 1. The molecule has 0 unspecified atom stereocenters. The molecule has 3 aromatic rings. The normalized spacial score (nSPS) is 16.2. The smallest absolute Gasteiger partial charge is 0.266 e. The maximum atomic E-state index is 13.0. The van der Waals surface area contributed by atoms with Crippen LogP contribution in [0.4, 0.5) is 5.13 Å². The minimum Gasteiger partial charge on any atom is -0.497 e. The van der Waals surface area contributed by atoms with Crippen LogP contribution < -0.4 is 14.4 Å². The first-order valence-electron chi connectivity index (χ1n) is 9.27. The van der Waals surface area contributed by atoms with E-state index < -0.39 is 0 Å². The zero-order valence-electron chi connectivity index (χ0n) is 15.7. The van der Waals surface area contributed by atoms with Gasteiger partial charge in [0, 0.05) is 6.61 Å². The second-order valence-corrected chi connectivity index (χ2v) is 7.58. The van der Waals surface area contributed by atoms with Crippen molar-refractivity contribution in [2.45, 2.75) is 18.9 Å². The van der Waals surface area contributed by atoms with Crippen LogP contribution in [0.1, 0.15) is 12.8 Å². The maximum absolute atomic E-state index is 13.0. The van der Waals surface area contributed by atoms with E-state index in [9.17, 15) is 4.79 Å². The Hall–Kier alpha value is -2.64. The van der Waals surface area contributed by atoms with Gasteiger partial charge in [-0.2, -0.15) is 0 Å². The Bertz CT molecular complexity index is 902. The van der Waals surface area contributed by atoms with Crippen molar-refractivity contribution in [3.63, 3.8) is 0 Å². The molecule has 0 aliphatic carbocycles. The molecule has 4 rings (SSSR count). The Morgan fingerprint density at radius 2 is 2.00 bits per heavy atom. The fourth-order valence-corrected chi connectivity index (χ4v) is 4.14. The summed E-state index contributed by atoms with van der Waals surface area (Å²) in [6, 6.07) is 15.1. The lowest BCUT2D eigenvalue weighted by molar-refractivity contribution is -0.120. The summed E-state index contributed by atoms with van der Waals surface area (Å²) in [6.45, 7) is 1.18. The molecule has 0 spiro atoms. The van der Waals surface area contributed by atoms with Crippen LogP contribution in [0, 0.1) is 0 Å². The van der Waals surface area contributed by atoms with Crippen LogP contribution in [-0.4, -0.2) is 43.9 Å². The average Bonchev–Trinajstić information content (AvgIpc) is 3.40. The van der Waals surface area contributed by atoms with Crippen LogP contribution in [0.2, 0.25) is 0 Å². The van der Waals surface area contributed by atoms with Crippen LogP contribution in [0.3, 0.4) is 0 Å². The van der Waals surface area contributed by atoms with Crippen LogP contribution in [0.5, 0.6) is 11.5 Å². The first-order valence-corrected chi connectivity index (χ1v) is 10.1. The van der Waals surface area contributed by atoms with E-state index in [1.165, 1.54) is 11.3 Å². The van der Waals surface area contributed by atoms with Crippen molar-refractivity contribution in [1.29, 1.82) is 0 Å². The van der Waals surface area contributed by atoms with E-state index in [1.807, 2.05) is 24.3 Å². The van der Waals surface area contributed by atoms with Gasteiger partial charge in [-0.05, 0) is 49.2 Å². The van der Waals surface area contributed by atoms with Crippen molar-refractivity contribution >= 4 is 32.6 Å². The van der Waals surface area contributed by atoms with Crippen LogP contribution in [0.25, 0.3) is 10.2 Å². The molecule has 146 valence electrons. The molecule has 0 radical (unpaired) electrons. The standard InChI is InChI=1S/C21H22N2O4S/c1-25-15-8-10-16(11-9-15)27-14-20(24)23(13-17-5-4-12-26-17)21-22-18-6-2-3-7-19(18)28-21/h2-3,6-11,17H,4-5,12-14H2,1H3/t17-/m1/s1. The van der Waals surface area contributed by atoms with Crippen molar-refractivity contribution in [3.8, 4) is 11.5 Å². The van der Waals surface area contributed by atoms with E-state index in [1.54, 1.807) is 36.3 Å². The fraction of sp³-hybridized carbons (Fsp3) is 0.333. The molecule has 1 saturated heterocycles. The summed E-state index contributed by atoms with van der Waals surface area (Å²) in [7, 11) is 1.61. The average molecular weight is 398 g/mol.